The molecule has 0 saturated heterocycles. The smallest absolute Gasteiger partial charge is 0.224 e. The van der Waals surface area contributed by atoms with Gasteiger partial charge in [0, 0.05) is 37.6 Å². The van der Waals surface area contributed by atoms with Crippen molar-refractivity contribution < 1.29 is 4.79 Å². The zero-order valence-electron chi connectivity index (χ0n) is 20.1. The first kappa shape index (κ1) is 27.4. The number of benzene rings is 2. The van der Waals surface area contributed by atoms with Gasteiger partial charge in [0.25, 0.3) is 0 Å². The van der Waals surface area contributed by atoms with Gasteiger partial charge in [0.05, 0.1) is 13.1 Å². The molecule has 3 aromatic rings. The van der Waals surface area contributed by atoms with Crippen molar-refractivity contribution >= 4 is 41.5 Å². The molecule has 3 rings (SSSR count). The maximum Gasteiger partial charge on any atom is 0.224 e. The Kier molecular flexibility index (Phi) is 11.6. The van der Waals surface area contributed by atoms with Gasteiger partial charge in [0.2, 0.25) is 5.91 Å². The number of aliphatic imine (C=N–C) groups is 1. The van der Waals surface area contributed by atoms with Crippen molar-refractivity contribution in [1.29, 1.82) is 0 Å². The van der Waals surface area contributed by atoms with Crippen LogP contribution in [0.3, 0.4) is 0 Å². The molecule has 7 nitrogen and oxygen atoms in total. The minimum atomic E-state index is 0. The summed E-state index contributed by atoms with van der Waals surface area (Å²) in [6.07, 6.45) is 4.27. The molecule has 3 N–H and O–H groups in total. The van der Waals surface area contributed by atoms with Crippen molar-refractivity contribution in [2.45, 2.75) is 46.8 Å². The predicted molar refractivity (Wildman–Crippen MR) is 149 cm³/mol. The molecule has 0 aliphatic rings. The van der Waals surface area contributed by atoms with Gasteiger partial charge in [-0.1, -0.05) is 50.2 Å². The summed E-state index contributed by atoms with van der Waals surface area (Å²) in [5.41, 5.74) is 4.26. The number of nitrogens with one attached hydrogen (secondary N) is 3. The zero-order chi connectivity index (χ0) is 23.5. The topological polar surface area (TPSA) is 83.3 Å². The molecule has 182 valence electrons. The molecule has 0 fully saturated rings. The van der Waals surface area contributed by atoms with E-state index in [0.29, 0.717) is 25.4 Å². The van der Waals surface area contributed by atoms with E-state index < -0.39 is 0 Å². The Bertz CT molecular complexity index is 1050. The van der Waals surface area contributed by atoms with E-state index in [2.05, 4.69) is 39.2 Å². The SMILES string of the molecule is CCNC(=NCc1cccc(NC(=O)CC(C)C)c1)NCc1ccccc1Cn1cccn1.I. The van der Waals surface area contributed by atoms with Crippen LogP contribution >= 0.6 is 24.0 Å². The molecule has 8 heteroatoms. The summed E-state index contributed by atoms with van der Waals surface area (Å²) < 4.78 is 1.92. The lowest BCUT2D eigenvalue weighted by atomic mass is 10.1. The van der Waals surface area contributed by atoms with Gasteiger partial charge in [-0.2, -0.15) is 5.10 Å². The van der Waals surface area contributed by atoms with E-state index >= 15 is 0 Å². The summed E-state index contributed by atoms with van der Waals surface area (Å²) in [6, 6.07) is 18.1. The Labute approximate surface area is 219 Å². The first-order valence-corrected chi connectivity index (χ1v) is 11.5. The van der Waals surface area contributed by atoms with Gasteiger partial charge in [-0.15, -0.1) is 24.0 Å². The van der Waals surface area contributed by atoms with Crippen molar-refractivity contribution in [3.05, 3.63) is 83.7 Å². The average molecular weight is 575 g/mol. The number of nitrogens with zero attached hydrogens (tertiary/aromatic N) is 3. The monoisotopic (exact) mass is 574 g/mol. The summed E-state index contributed by atoms with van der Waals surface area (Å²) in [5, 5.41) is 14.0. The Balaban J connectivity index is 0.00000408. The molecule has 2 aromatic carbocycles. The number of anilines is 1. The number of hydrogen-bond acceptors (Lipinski definition) is 3. The number of rotatable bonds is 10. The normalized spacial score (nSPS) is 11.1. The molecule has 34 heavy (non-hydrogen) atoms. The van der Waals surface area contributed by atoms with Crippen LogP contribution in [-0.4, -0.2) is 28.2 Å². The van der Waals surface area contributed by atoms with Crippen molar-refractivity contribution in [2.24, 2.45) is 10.9 Å². The molecule has 0 aliphatic carbocycles. The number of halogens is 1. The van der Waals surface area contributed by atoms with Crippen LogP contribution in [0.25, 0.3) is 0 Å². The van der Waals surface area contributed by atoms with E-state index in [1.807, 2.05) is 68.0 Å². The number of guanidine groups is 1. The fraction of sp³-hybridized carbons (Fsp3) is 0.346. The third-order valence-electron chi connectivity index (χ3n) is 5.02. The van der Waals surface area contributed by atoms with Crippen LogP contribution in [0.1, 0.15) is 43.9 Å². The molecule has 0 unspecified atom stereocenters. The summed E-state index contributed by atoms with van der Waals surface area (Å²) in [7, 11) is 0. The van der Waals surface area contributed by atoms with E-state index in [1.165, 1.54) is 11.1 Å². The van der Waals surface area contributed by atoms with E-state index in [9.17, 15) is 4.79 Å². The lowest BCUT2D eigenvalue weighted by molar-refractivity contribution is -0.116. The van der Waals surface area contributed by atoms with E-state index in [-0.39, 0.29) is 29.9 Å². The number of amides is 1. The maximum atomic E-state index is 12.1. The molecule has 0 aliphatic heterocycles. The maximum absolute atomic E-state index is 12.1. The molecular formula is C26H35IN6O. The third kappa shape index (κ3) is 9.17. The zero-order valence-corrected chi connectivity index (χ0v) is 22.5. The minimum absolute atomic E-state index is 0. The summed E-state index contributed by atoms with van der Waals surface area (Å²) in [6.45, 7) is 8.80. The van der Waals surface area contributed by atoms with Crippen LogP contribution in [0, 0.1) is 5.92 Å². The van der Waals surface area contributed by atoms with Gasteiger partial charge in [-0.05, 0) is 47.7 Å². The quantitative estimate of drug-likeness (QED) is 0.185. The number of hydrogen-bond donors (Lipinski definition) is 3. The van der Waals surface area contributed by atoms with Crippen molar-refractivity contribution in [1.82, 2.24) is 20.4 Å². The second kappa shape index (κ2) is 14.4. The molecule has 1 heterocycles. The third-order valence-corrected chi connectivity index (χ3v) is 5.02. The molecule has 1 aromatic heterocycles. The number of aromatic nitrogens is 2. The fourth-order valence-electron chi connectivity index (χ4n) is 3.47. The summed E-state index contributed by atoms with van der Waals surface area (Å²) >= 11 is 0. The molecule has 0 bridgehead atoms. The summed E-state index contributed by atoms with van der Waals surface area (Å²) in [5.74, 6) is 1.12. The highest BCUT2D eigenvalue weighted by atomic mass is 127. The van der Waals surface area contributed by atoms with E-state index in [1.54, 1.807) is 6.20 Å². The van der Waals surface area contributed by atoms with Crippen LogP contribution in [0.2, 0.25) is 0 Å². The predicted octanol–water partition coefficient (Wildman–Crippen LogP) is 4.79. The van der Waals surface area contributed by atoms with Crippen LogP contribution in [0.5, 0.6) is 0 Å². The molecule has 0 spiro atoms. The number of carbonyl (C=O) groups excluding carboxylic acids is 1. The first-order chi connectivity index (χ1) is 16.0. The van der Waals surface area contributed by atoms with Crippen molar-refractivity contribution in [3.8, 4) is 0 Å². The number of carbonyl (C=O) groups is 1. The van der Waals surface area contributed by atoms with Gasteiger partial charge in [0.1, 0.15) is 0 Å². The van der Waals surface area contributed by atoms with Gasteiger partial charge < -0.3 is 16.0 Å². The second-order valence-electron chi connectivity index (χ2n) is 8.37. The lowest BCUT2D eigenvalue weighted by Gasteiger charge is -2.14. The fourth-order valence-corrected chi connectivity index (χ4v) is 3.47. The van der Waals surface area contributed by atoms with Crippen molar-refractivity contribution in [2.75, 3.05) is 11.9 Å². The first-order valence-electron chi connectivity index (χ1n) is 11.5. The highest BCUT2D eigenvalue weighted by molar-refractivity contribution is 14.0. The Morgan fingerprint density at radius 1 is 1.06 bits per heavy atom. The van der Waals surface area contributed by atoms with E-state index in [0.717, 1.165) is 30.3 Å². The highest BCUT2D eigenvalue weighted by Gasteiger charge is 2.07. The minimum Gasteiger partial charge on any atom is -0.357 e. The van der Waals surface area contributed by atoms with E-state index in [4.69, 9.17) is 4.99 Å². The Morgan fingerprint density at radius 2 is 1.85 bits per heavy atom. The highest BCUT2D eigenvalue weighted by Crippen LogP contribution is 2.13. The Hall–Kier alpha value is -2.88. The Morgan fingerprint density at radius 3 is 2.56 bits per heavy atom. The summed E-state index contributed by atoms with van der Waals surface area (Å²) in [4.78, 5) is 16.8. The standard InChI is InChI=1S/C26H34N6O.HI/c1-4-27-26(28-17-21-9-7-12-24(16-21)31-25(33)15-20(2)3)29-18-22-10-5-6-11-23(22)19-32-14-8-13-30-32;/h5-14,16,20H,4,15,17-19H2,1-3H3,(H,31,33)(H2,27,28,29);1H. The molecule has 0 saturated carbocycles. The van der Waals surface area contributed by atoms with Crippen LogP contribution in [0.15, 0.2) is 72.0 Å². The van der Waals surface area contributed by atoms with Crippen LogP contribution in [-0.2, 0) is 24.4 Å². The average Bonchev–Trinajstić information content (AvgIpc) is 3.29. The lowest BCUT2D eigenvalue weighted by Crippen LogP contribution is -2.37. The second-order valence-corrected chi connectivity index (χ2v) is 8.37. The molecule has 0 radical (unpaired) electrons. The van der Waals surface area contributed by atoms with Gasteiger partial charge in [-0.3, -0.25) is 9.48 Å². The van der Waals surface area contributed by atoms with Gasteiger partial charge >= 0.3 is 0 Å². The molecule has 1 amide bonds. The van der Waals surface area contributed by atoms with Gasteiger partial charge in [-0.25, -0.2) is 4.99 Å². The van der Waals surface area contributed by atoms with Crippen LogP contribution < -0.4 is 16.0 Å². The van der Waals surface area contributed by atoms with Crippen LogP contribution in [0.4, 0.5) is 5.69 Å². The molecular weight excluding hydrogens is 539 g/mol. The van der Waals surface area contributed by atoms with Crippen molar-refractivity contribution in [3.63, 3.8) is 0 Å². The largest absolute Gasteiger partial charge is 0.357 e. The molecule has 0 atom stereocenters. The van der Waals surface area contributed by atoms with Gasteiger partial charge in [0.15, 0.2) is 5.96 Å².